The molecule has 5 nitrogen and oxygen atoms in total. The topological polar surface area (TPSA) is 63.2 Å². The molecule has 2 N–H and O–H groups in total. The van der Waals surface area contributed by atoms with Crippen molar-refractivity contribution in [1.82, 2.24) is 10.3 Å². The van der Waals surface area contributed by atoms with Gasteiger partial charge in [-0.25, -0.2) is 4.98 Å². The van der Waals surface area contributed by atoms with Crippen LogP contribution in [-0.2, 0) is 4.79 Å². The zero-order valence-corrected chi connectivity index (χ0v) is 15.0. The van der Waals surface area contributed by atoms with E-state index in [4.69, 9.17) is 16.3 Å². The van der Waals surface area contributed by atoms with E-state index < -0.39 is 6.10 Å². The van der Waals surface area contributed by atoms with Crippen LogP contribution in [0.1, 0.15) is 30.6 Å². The number of amides is 1. The van der Waals surface area contributed by atoms with Gasteiger partial charge in [0, 0.05) is 16.1 Å². The van der Waals surface area contributed by atoms with Gasteiger partial charge in [0.15, 0.2) is 11.2 Å². The molecule has 1 atom stereocenters. The minimum absolute atomic E-state index is 0.221. The molecule has 1 aromatic heterocycles. The molecule has 2 heterocycles. The van der Waals surface area contributed by atoms with Crippen LogP contribution in [0.4, 0.5) is 5.13 Å². The largest absolute Gasteiger partial charge is 0.481 e. The molecule has 0 saturated carbocycles. The summed E-state index contributed by atoms with van der Waals surface area (Å²) in [5, 5.41) is 7.38. The molecule has 0 spiro atoms. The average molecular weight is 366 g/mol. The molecule has 1 aliphatic rings. The van der Waals surface area contributed by atoms with Crippen LogP contribution >= 0.6 is 22.9 Å². The Morgan fingerprint density at radius 1 is 1.46 bits per heavy atom. The van der Waals surface area contributed by atoms with Crippen molar-refractivity contribution >= 4 is 34.0 Å². The predicted octanol–water partition coefficient (Wildman–Crippen LogP) is 3.67. The minimum atomic E-state index is -0.630. The van der Waals surface area contributed by atoms with E-state index >= 15 is 0 Å². The molecule has 3 rings (SSSR count). The van der Waals surface area contributed by atoms with E-state index in [1.165, 1.54) is 4.88 Å². The van der Waals surface area contributed by atoms with E-state index in [0.29, 0.717) is 21.8 Å². The molecule has 1 unspecified atom stereocenters. The summed E-state index contributed by atoms with van der Waals surface area (Å²) >= 11 is 7.47. The molecule has 1 saturated heterocycles. The predicted molar refractivity (Wildman–Crippen MR) is 97.1 cm³/mol. The van der Waals surface area contributed by atoms with E-state index in [1.807, 2.05) is 6.20 Å². The molecule has 1 fully saturated rings. The molecule has 0 radical (unpaired) electrons. The van der Waals surface area contributed by atoms with Crippen molar-refractivity contribution in [2.75, 3.05) is 18.4 Å². The third kappa shape index (κ3) is 4.47. The Bertz CT molecular complexity index is 701. The lowest BCUT2D eigenvalue weighted by atomic mass is 9.97. The highest BCUT2D eigenvalue weighted by Crippen LogP contribution is 2.31. The number of aromatic nitrogens is 1. The van der Waals surface area contributed by atoms with E-state index in [-0.39, 0.29) is 5.91 Å². The van der Waals surface area contributed by atoms with Gasteiger partial charge in [0.2, 0.25) is 0 Å². The number of piperidine rings is 1. The fourth-order valence-electron chi connectivity index (χ4n) is 2.64. The zero-order chi connectivity index (χ0) is 16.9. The first-order chi connectivity index (χ1) is 11.6. The smallest absolute Gasteiger partial charge is 0.266 e. The van der Waals surface area contributed by atoms with E-state index in [0.717, 1.165) is 25.9 Å². The van der Waals surface area contributed by atoms with Crippen LogP contribution in [0.15, 0.2) is 30.5 Å². The number of carbonyl (C=O) groups is 1. The maximum Gasteiger partial charge on any atom is 0.266 e. The second-order valence-electron chi connectivity index (χ2n) is 5.80. The number of nitrogens with zero attached hydrogens (tertiary/aromatic N) is 1. The highest BCUT2D eigenvalue weighted by Gasteiger charge is 2.20. The number of rotatable bonds is 5. The second kappa shape index (κ2) is 7.96. The van der Waals surface area contributed by atoms with Gasteiger partial charge in [0.25, 0.3) is 5.91 Å². The maximum atomic E-state index is 12.3. The summed E-state index contributed by atoms with van der Waals surface area (Å²) < 4.78 is 5.62. The van der Waals surface area contributed by atoms with Crippen molar-refractivity contribution in [3.63, 3.8) is 0 Å². The normalized spacial score (nSPS) is 16.6. The van der Waals surface area contributed by atoms with Crippen molar-refractivity contribution in [1.29, 1.82) is 0 Å². The summed E-state index contributed by atoms with van der Waals surface area (Å²) in [6.07, 6.45) is 3.47. The van der Waals surface area contributed by atoms with Crippen molar-refractivity contribution < 1.29 is 9.53 Å². The van der Waals surface area contributed by atoms with Gasteiger partial charge < -0.3 is 10.1 Å². The van der Waals surface area contributed by atoms with E-state index in [9.17, 15) is 4.79 Å². The number of carbonyl (C=O) groups excluding carboxylic acids is 1. The average Bonchev–Trinajstić information content (AvgIpc) is 3.04. The molecule has 1 aromatic carbocycles. The first-order valence-electron chi connectivity index (χ1n) is 8.01. The van der Waals surface area contributed by atoms with E-state index in [1.54, 1.807) is 42.5 Å². The maximum absolute atomic E-state index is 12.3. The molecule has 2 aromatic rings. The molecule has 1 amide bonds. The Kier molecular flexibility index (Phi) is 5.71. The summed E-state index contributed by atoms with van der Waals surface area (Å²) in [5.41, 5.74) is 0. The minimum Gasteiger partial charge on any atom is -0.481 e. The molecular formula is C17H20ClN3O2S. The highest BCUT2D eigenvalue weighted by molar-refractivity contribution is 7.15. The summed E-state index contributed by atoms with van der Waals surface area (Å²) in [6, 6.07) is 7.00. The van der Waals surface area contributed by atoms with Crippen LogP contribution < -0.4 is 15.4 Å². The third-order valence-corrected chi connectivity index (χ3v) is 5.28. The number of thiazole rings is 1. The van der Waals surface area contributed by atoms with Gasteiger partial charge in [-0.3, -0.25) is 10.1 Å². The number of hydrogen-bond donors (Lipinski definition) is 2. The number of benzene rings is 1. The number of ether oxygens (including phenoxy) is 1. The Hall–Kier alpha value is -1.63. The van der Waals surface area contributed by atoms with Crippen LogP contribution in [0.2, 0.25) is 5.02 Å². The first-order valence-corrected chi connectivity index (χ1v) is 9.21. The van der Waals surface area contributed by atoms with Crippen LogP contribution in [0.3, 0.4) is 0 Å². The van der Waals surface area contributed by atoms with Gasteiger partial charge in [-0.15, -0.1) is 11.3 Å². The van der Waals surface area contributed by atoms with Crippen molar-refractivity contribution in [3.8, 4) is 5.75 Å². The van der Waals surface area contributed by atoms with Gasteiger partial charge in [0.05, 0.1) is 0 Å². The Labute approximate surface area is 150 Å². The van der Waals surface area contributed by atoms with Crippen molar-refractivity contribution in [2.45, 2.75) is 31.8 Å². The summed E-state index contributed by atoms with van der Waals surface area (Å²) in [7, 11) is 0. The lowest BCUT2D eigenvalue weighted by Crippen LogP contribution is -2.30. The Morgan fingerprint density at radius 3 is 3.00 bits per heavy atom. The van der Waals surface area contributed by atoms with Gasteiger partial charge in [-0.05, 0) is 57.0 Å². The zero-order valence-electron chi connectivity index (χ0n) is 13.4. The molecule has 24 heavy (non-hydrogen) atoms. The number of halogens is 1. The molecule has 0 bridgehead atoms. The fourth-order valence-corrected chi connectivity index (χ4v) is 3.81. The SMILES string of the molecule is CC(Oc1cccc(Cl)c1)C(=O)Nc1ncc(C2CCNCC2)s1. The molecule has 1 aliphatic heterocycles. The molecule has 128 valence electrons. The van der Waals surface area contributed by atoms with Crippen molar-refractivity contribution in [3.05, 3.63) is 40.4 Å². The van der Waals surface area contributed by atoms with Crippen LogP contribution in [0, 0.1) is 0 Å². The Morgan fingerprint density at radius 2 is 2.25 bits per heavy atom. The molecular weight excluding hydrogens is 346 g/mol. The van der Waals surface area contributed by atoms with Crippen molar-refractivity contribution in [2.24, 2.45) is 0 Å². The third-order valence-electron chi connectivity index (χ3n) is 3.97. The molecule has 7 heteroatoms. The van der Waals surface area contributed by atoms with Crippen LogP contribution in [0.5, 0.6) is 5.75 Å². The number of hydrogen-bond acceptors (Lipinski definition) is 5. The standard InChI is InChI=1S/C17H20ClN3O2S/c1-11(23-14-4-2-3-13(18)9-14)16(22)21-17-20-10-15(24-17)12-5-7-19-8-6-12/h2-4,9-12,19H,5-8H2,1H3,(H,20,21,22). The van der Waals surface area contributed by atoms with Gasteiger partial charge in [0.1, 0.15) is 5.75 Å². The second-order valence-corrected chi connectivity index (χ2v) is 7.30. The lowest BCUT2D eigenvalue weighted by molar-refractivity contribution is -0.122. The highest BCUT2D eigenvalue weighted by atomic mass is 35.5. The Balaban J connectivity index is 1.57. The number of anilines is 1. The number of nitrogens with one attached hydrogen (secondary N) is 2. The summed E-state index contributed by atoms with van der Waals surface area (Å²) in [5.74, 6) is 0.885. The monoisotopic (exact) mass is 365 g/mol. The van der Waals surface area contributed by atoms with Gasteiger partial charge >= 0.3 is 0 Å². The lowest BCUT2D eigenvalue weighted by Gasteiger charge is -2.20. The molecule has 0 aliphatic carbocycles. The first kappa shape index (κ1) is 17.2. The van der Waals surface area contributed by atoms with Gasteiger partial charge in [-0.2, -0.15) is 0 Å². The fraction of sp³-hybridized carbons (Fsp3) is 0.412. The van der Waals surface area contributed by atoms with E-state index in [2.05, 4.69) is 15.6 Å². The van der Waals surface area contributed by atoms with Crippen LogP contribution in [0.25, 0.3) is 0 Å². The van der Waals surface area contributed by atoms with Crippen LogP contribution in [-0.4, -0.2) is 30.1 Å². The van der Waals surface area contributed by atoms with Gasteiger partial charge in [-0.1, -0.05) is 17.7 Å². The summed E-state index contributed by atoms with van der Waals surface area (Å²) in [6.45, 7) is 3.78. The quantitative estimate of drug-likeness (QED) is 0.848. The summed E-state index contributed by atoms with van der Waals surface area (Å²) in [4.78, 5) is 17.8.